The number of carboxylic acids is 1. The van der Waals surface area contributed by atoms with Gasteiger partial charge in [0.05, 0.1) is 6.42 Å². The number of phenolic OH excluding ortho intramolecular Hbond substituents is 1. The fourth-order valence-electron chi connectivity index (χ4n) is 1.93. The molecule has 108 valence electrons. The number of nitrogens with zero attached hydrogens (tertiary/aromatic N) is 1. The maximum atomic E-state index is 10.7. The molecule has 0 aliphatic heterocycles. The predicted octanol–water partition coefficient (Wildman–Crippen LogP) is 3.03. The summed E-state index contributed by atoms with van der Waals surface area (Å²) in [5.74, 6) is -0.828. The van der Waals surface area contributed by atoms with E-state index in [1.54, 1.807) is 24.3 Å². The molecule has 0 aliphatic rings. The van der Waals surface area contributed by atoms with Crippen molar-refractivity contribution < 1.29 is 15.0 Å². The first-order valence-corrected chi connectivity index (χ1v) is 6.28. The van der Waals surface area contributed by atoms with Crippen molar-refractivity contribution in [2.24, 2.45) is 5.18 Å². The molecule has 0 aromatic heterocycles. The summed E-state index contributed by atoms with van der Waals surface area (Å²) in [4.78, 5) is 21.2. The minimum absolute atomic E-state index is 0.0503. The third-order valence-electron chi connectivity index (χ3n) is 2.93. The average molecular weight is 286 g/mol. The highest BCUT2D eigenvalue weighted by Gasteiger charge is 2.05. The van der Waals surface area contributed by atoms with Gasteiger partial charge in [-0.2, -0.15) is 0 Å². The highest BCUT2D eigenvalue weighted by molar-refractivity contribution is 5.70. The molecule has 0 spiro atoms. The normalized spacial score (nSPS) is 10.1. The van der Waals surface area contributed by atoms with Crippen molar-refractivity contribution in [1.29, 1.82) is 0 Å². The summed E-state index contributed by atoms with van der Waals surface area (Å²) >= 11 is 0. The number of aromatic hydroxyl groups is 1. The van der Waals surface area contributed by atoms with Crippen molar-refractivity contribution in [2.75, 3.05) is 5.32 Å². The number of hydrogen-bond acceptors (Lipinski definition) is 5. The zero-order chi connectivity index (χ0) is 15.2. The molecule has 21 heavy (non-hydrogen) atoms. The molecule has 2 aromatic rings. The SMILES string of the molecule is O=Nc1ccc(O)c(CNc2cccc(CC(=O)O)c2)c1. The Kier molecular flexibility index (Phi) is 4.50. The molecular weight excluding hydrogens is 272 g/mol. The average Bonchev–Trinajstić information content (AvgIpc) is 2.46. The van der Waals surface area contributed by atoms with E-state index in [9.17, 15) is 14.8 Å². The number of anilines is 1. The number of hydrogen-bond donors (Lipinski definition) is 3. The third-order valence-corrected chi connectivity index (χ3v) is 2.93. The predicted molar refractivity (Wildman–Crippen MR) is 78.7 cm³/mol. The largest absolute Gasteiger partial charge is 0.508 e. The molecule has 0 unspecified atom stereocenters. The van der Waals surface area contributed by atoms with Crippen molar-refractivity contribution in [3.8, 4) is 5.75 Å². The maximum absolute atomic E-state index is 10.7. The van der Waals surface area contributed by atoms with Gasteiger partial charge in [0.2, 0.25) is 0 Å². The molecule has 0 fully saturated rings. The van der Waals surface area contributed by atoms with Crippen LogP contribution in [0.4, 0.5) is 11.4 Å². The van der Waals surface area contributed by atoms with Crippen molar-refractivity contribution in [3.63, 3.8) is 0 Å². The Hall–Kier alpha value is -2.89. The fraction of sp³-hybridized carbons (Fsp3) is 0.133. The molecule has 0 amide bonds. The molecule has 0 heterocycles. The van der Waals surface area contributed by atoms with Crippen molar-refractivity contribution in [3.05, 3.63) is 58.5 Å². The third kappa shape index (κ3) is 4.04. The zero-order valence-electron chi connectivity index (χ0n) is 11.1. The molecule has 6 heteroatoms. The molecule has 6 nitrogen and oxygen atoms in total. The lowest BCUT2D eigenvalue weighted by atomic mass is 10.1. The van der Waals surface area contributed by atoms with Gasteiger partial charge in [0.1, 0.15) is 11.4 Å². The van der Waals surface area contributed by atoms with Crippen molar-refractivity contribution >= 4 is 17.3 Å². The smallest absolute Gasteiger partial charge is 0.307 e. The quantitative estimate of drug-likeness (QED) is 0.709. The van der Waals surface area contributed by atoms with E-state index in [2.05, 4.69) is 10.5 Å². The topological polar surface area (TPSA) is 99.0 Å². The molecule has 0 saturated heterocycles. The number of benzene rings is 2. The lowest BCUT2D eigenvalue weighted by Gasteiger charge is -2.09. The highest BCUT2D eigenvalue weighted by atomic mass is 16.4. The Morgan fingerprint density at radius 3 is 2.71 bits per heavy atom. The molecule has 3 N–H and O–H groups in total. The summed E-state index contributed by atoms with van der Waals surface area (Å²) in [5, 5.41) is 24.4. The van der Waals surface area contributed by atoms with Gasteiger partial charge in [0.15, 0.2) is 0 Å². The number of nitroso groups, excluding NO2 is 1. The van der Waals surface area contributed by atoms with Crippen LogP contribution in [0.25, 0.3) is 0 Å². The van der Waals surface area contributed by atoms with E-state index in [-0.39, 0.29) is 17.9 Å². The number of aliphatic carboxylic acids is 1. The van der Waals surface area contributed by atoms with Crippen LogP contribution in [0.15, 0.2) is 47.6 Å². The Labute approximate surface area is 121 Å². The summed E-state index contributed by atoms with van der Waals surface area (Å²) in [5.41, 5.74) is 2.19. The molecular formula is C15H14N2O4. The van der Waals surface area contributed by atoms with E-state index >= 15 is 0 Å². The second kappa shape index (κ2) is 6.51. The zero-order valence-corrected chi connectivity index (χ0v) is 11.1. The van der Waals surface area contributed by atoms with Gasteiger partial charge in [0.25, 0.3) is 0 Å². The van der Waals surface area contributed by atoms with E-state index in [0.717, 1.165) is 5.69 Å². The summed E-state index contributed by atoms with van der Waals surface area (Å²) in [6.45, 7) is 0.297. The first-order chi connectivity index (χ1) is 10.1. The van der Waals surface area contributed by atoms with E-state index < -0.39 is 5.97 Å². The van der Waals surface area contributed by atoms with Gasteiger partial charge in [0, 0.05) is 17.8 Å². The molecule has 0 atom stereocenters. The van der Waals surface area contributed by atoms with Crippen LogP contribution < -0.4 is 5.32 Å². The van der Waals surface area contributed by atoms with Gasteiger partial charge in [-0.1, -0.05) is 12.1 Å². The lowest BCUT2D eigenvalue weighted by molar-refractivity contribution is -0.136. The van der Waals surface area contributed by atoms with E-state index in [1.165, 1.54) is 18.2 Å². The number of rotatable bonds is 6. The van der Waals surface area contributed by atoms with E-state index in [0.29, 0.717) is 17.7 Å². The molecule has 0 bridgehead atoms. The second-order valence-electron chi connectivity index (χ2n) is 4.53. The van der Waals surface area contributed by atoms with Crippen molar-refractivity contribution in [1.82, 2.24) is 0 Å². The van der Waals surface area contributed by atoms with Crippen LogP contribution in [0.1, 0.15) is 11.1 Å². The van der Waals surface area contributed by atoms with Crippen LogP contribution in [-0.4, -0.2) is 16.2 Å². The Balaban J connectivity index is 2.09. The molecule has 0 radical (unpaired) electrons. The van der Waals surface area contributed by atoms with Crippen LogP contribution in [0.2, 0.25) is 0 Å². The second-order valence-corrected chi connectivity index (χ2v) is 4.53. The molecule has 2 rings (SSSR count). The lowest BCUT2D eigenvalue weighted by Crippen LogP contribution is -2.03. The summed E-state index contributed by atoms with van der Waals surface area (Å²) in [6.07, 6.45) is -0.0503. The highest BCUT2D eigenvalue weighted by Crippen LogP contribution is 2.24. The van der Waals surface area contributed by atoms with Crippen LogP contribution in [0, 0.1) is 4.91 Å². The first kappa shape index (κ1) is 14.5. The van der Waals surface area contributed by atoms with Gasteiger partial charge in [-0.05, 0) is 41.1 Å². The summed E-state index contributed by atoms with van der Waals surface area (Å²) in [6, 6.07) is 11.3. The summed E-state index contributed by atoms with van der Waals surface area (Å²) < 4.78 is 0. The Morgan fingerprint density at radius 2 is 2.00 bits per heavy atom. The van der Waals surface area contributed by atoms with Crippen LogP contribution in [0.5, 0.6) is 5.75 Å². The number of carbonyl (C=O) groups is 1. The van der Waals surface area contributed by atoms with Gasteiger partial charge in [-0.25, -0.2) is 0 Å². The van der Waals surface area contributed by atoms with Gasteiger partial charge in [-0.15, -0.1) is 4.91 Å². The van der Waals surface area contributed by atoms with E-state index in [4.69, 9.17) is 5.11 Å². The monoisotopic (exact) mass is 286 g/mol. The van der Waals surface area contributed by atoms with E-state index in [1.807, 2.05) is 0 Å². The van der Waals surface area contributed by atoms with Gasteiger partial charge in [-0.3, -0.25) is 4.79 Å². The number of carboxylic acid groups (broad SMARTS) is 1. The van der Waals surface area contributed by atoms with Crippen LogP contribution in [0.3, 0.4) is 0 Å². The standard InChI is InChI=1S/C15H14N2O4/c18-14-5-4-13(17-21)8-11(14)9-16-12-3-1-2-10(6-12)7-15(19)20/h1-6,8,16,18H,7,9H2,(H,19,20). The fourth-order valence-corrected chi connectivity index (χ4v) is 1.93. The van der Waals surface area contributed by atoms with Crippen LogP contribution >= 0.6 is 0 Å². The van der Waals surface area contributed by atoms with Crippen LogP contribution in [-0.2, 0) is 17.8 Å². The number of nitrogens with one attached hydrogen (secondary N) is 1. The molecule has 2 aromatic carbocycles. The molecule has 0 aliphatic carbocycles. The minimum Gasteiger partial charge on any atom is -0.508 e. The Morgan fingerprint density at radius 1 is 1.19 bits per heavy atom. The first-order valence-electron chi connectivity index (χ1n) is 6.28. The number of phenols is 1. The van der Waals surface area contributed by atoms with Gasteiger partial charge < -0.3 is 15.5 Å². The Bertz CT molecular complexity index is 670. The summed E-state index contributed by atoms with van der Waals surface area (Å²) in [7, 11) is 0. The maximum Gasteiger partial charge on any atom is 0.307 e. The van der Waals surface area contributed by atoms with Crippen molar-refractivity contribution in [2.45, 2.75) is 13.0 Å². The minimum atomic E-state index is -0.894. The van der Waals surface area contributed by atoms with Gasteiger partial charge >= 0.3 is 5.97 Å². The molecule has 0 saturated carbocycles.